The van der Waals surface area contributed by atoms with Gasteiger partial charge in [0.25, 0.3) is 0 Å². The number of benzene rings is 7. The third kappa shape index (κ3) is 5.79. The fourth-order valence-corrected chi connectivity index (χ4v) is 6.81. The van der Waals surface area contributed by atoms with E-state index in [4.69, 9.17) is 9.97 Å². The second-order valence-corrected chi connectivity index (χ2v) is 12.5. The summed E-state index contributed by atoms with van der Waals surface area (Å²) in [7, 11) is 0. The van der Waals surface area contributed by atoms with E-state index in [-0.39, 0.29) is 0 Å². The first-order valence-electron chi connectivity index (χ1n) is 17.2. The Labute approximate surface area is 297 Å². The van der Waals surface area contributed by atoms with Gasteiger partial charge >= 0.3 is 0 Å². The highest BCUT2D eigenvalue weighted by molar-refractivity contribution is 5.92. The van der Waals surface area contributed by atoms with Crippen molar-refractivity contribution in [1.29, 1.82) is 0 Å². The first-order chi connectivity index (χ1) is 25.3. The van der Waals surface area contributed by atoms with E-state index in [0.717, 1.165) is 67.2 Å². The molecule has 0 aliphatic heterocycles. The summed E-state index contributed by atoms with van der Waals surface area (Å²) in [5.41, 5.74) is 12.6. The van der Waals surface area contributed by atoms with Gasteiger partial charge in [-0.05, 0) is 53.1 Å². The SMILES string of the molecule is c1ccc(-c2nc(-c3ccc(-c4ccc(-[n+]5cc6ccccc6n5-c5ccccc5)cc4)cc3)nc(-c3ccccc3)c2-c2ccccc2)cc1. The summed E-state index contributed by atoms with van der Waals surface area (Å²) in [6.45, 7) is 0. The normalized spacial score (nSPS) is 11.1. The highest BCUT2D eigenvalue weighted by Gasteiger charge is 2.21. The Morgan fingerprint density at radius 1 is 0.373 bits per heavy atom. The van der Waals surface area contributed by atoms with Crippen molar-refractivity contribution in [3.8, 4) is 67.5 Å². The molecule has 7 aromatic carbocycles. The topological polar surface area (TPSA) is 34.6 Å². The van der Waals surface area contributed by atoms with Crippen LogP contribution >= 0.6 is 0 Å². The van der Waals surface area contributed by atoms with Crippen molar-refractivity contribution in [1.82, 2.24) is 14.6 Å². The number of nitrogens with zero attached hydrogens (tertiary/aromatic N) is 4. The van der Waals surface area contributed by atoms with Crippen LogP contribution in [0.4, 0.5) is 0 Å². The number of para-hydroxylation sites is 2. The molecule has 0 N–H and O–H groups in total. The molecule has 0 atom stereocenters. The number of hydrogen-bond acceptors (Lipinski definition) is 2. The van der Waals surface area contributed by atoms with Crippen LogP contribution in [0.5, 0.6) is 0 Å². The zero-order chi connectivity index (χ0) is 34.0. The molecule has 0 aliphatic carbocycles. The lowest BCUT2D eigenvalue weighted by Gasteiger charge is -2.17. The predicted molar refractivity (Wildman–Crippen MR) is 208 cm³/mol. The summed E-state index contributed by atoms with van der Waals surface area (Å²) < 4.78 is 4.48. The van der Waals surface area contributed by atoms with Crippen molar-refractivity contribution in [2.75, 3.05) is 0 Å². The van der Waals surface area contributed by atoms with Crippen LogP contribution in [-0.2, 0) is 0 Å². The van der Waals surface area contributed by atoms with E-state index < -0.39 is 0 Å². The molecule has 9 rings (SSSR count). The van der Waals surface area contributed by atoms with Gasteiger partial charge in [-0.25, -0.2) is 9.97 Å². The second kappa shape index (κ2) is 13.2. The highest BCUT2D eigenvalue weighted by Crippen LogP contribution is 2.39. The molecule has 4 heteroatoms. The maximum absolute atomic E-state index is 5.26. The molecule has 0 bridgehead atoms. The first-order valence-corrected chi connectivity index (χ1v) is 17.2. The maximum Gasteiger partial charge on any atom is 0.236 e. The molecule has 0 radical (unpaired) electrons. The molecule has 4 nitrogen and oxygen atoms in total. The van der Waals surface area contributed by atoms with Gasteiger partial charge in [-0.3, -0.25) is 0 Å². The Morgan fingerprint density at radius 3 is 1.39 bits per heavy atom. The van der Waals surface area contributed by atoms with Gasteiger partial charge in [-0.15, -0.1) is 4.68 Å². The largest absolute Gasteiger partial charge is 0.236 e. The monoisotopic (exact) mass is 653 g/mol. The molecule has 0 aliphatic rings. The van der Waals surface area contributed by atoms with Crippen LogP contribution in [0.25, 0.3) is 78.4 Å². The summed E-state index contributed by atoms with van der Waals surface area (Å²) >= 11 is 0. The van der Waals surface area contributed by atoms with Gasteiger partial charge in [-0.2, -0.15) is 0 Å². The molecule has 0 unspecified atom stereocenters. The Hall–Kier alpha value is -6.91. The molecular formula is C47H33N4+. The van der Waals surface area contributed by atoms with E-state index >= 15 is 0 Å². The van der Waals surface area contributed by atoms with Crippen LogP contribution in [0.2, 0.25) is 0 Å². The van der Waals surface area contributed by atoms with Gasteiger partial charge in [0.15, 0.2) is 5.82 Å². The highest BCUT2D eigenvalue weighted by atomic mass is 15.4. The second-order valence-electron chi connectivity index (χ2n) is 12.5. The molecule has 0 fully saturated rings. The average molecular weight is 654 g/mol. The van der Waals surface area contributed by atoms with Crippen LogP contribution in [0.3, 0.4) is 0 Å². The Bertz CT molecular complexity index is 2520. The van der Waals surface area contributed by atoms with Crippen LogP contribution in [0, 0.1) is 0 Å². The van der Waals surface area contributed by atoms with Crippen LogP contribution in [0.15, 0.2) is 200 Å². The summed E-state index contributed by atoms with van der Waals surface area (Å²) in [5.74, 6) is 0.694. The molecule has 0 saturated carbocycles. The fraction of sp³-hybridized carbons (Fsp3) is 0. The van der Waals surface area contributed by atoms with E-state index in [0.29, 0.717) is 5.82 Å². The summed E-state index contributed by atoms with van der Waals surface area (Å²) in [4.78, 5) is 10.5. The average Bonchev–Trinajstić information content (AvgIpc) is 3.62. The minimum Gasteiger partial charge on any atom is -0.227 e. The van der Waals surface area contributed by atoms with Crippen molar-refractivity contribution in [3.63, 3.8) is 0 Å². The van der Waals surface area contributed by atoms with E-state index in [9.17, 15) is 0 Å². The van der Waals surface area contributed by atoms with E-state index in [2.05, 4.69) is 191 Å². The smallest absolute Gasteiger partial charge is 0.227 e. The lowest BCUT2D eigenvalue weighted by atomic mass is 9.94. The molecule has 51 heavy (non-hydrogen) atoms. The molecule has 2 heterocycles. The lowest BCUT2D eigenvalue weighted by Crippen LogP contribution is -2.39. The molecular weight excluding hydrogens is 621 g/mol. The molecule has 0 saturated heterocycles. The van der Waals surface area contributed by atoms with Crippen molar-refractivity contribution >= 4 is 10.9 Å². The Kier molecular flexibility index (Phi) is 7.80. The molecule has 0 amide bonds. The lowest BCUT2D eigenvalue weighted by molar-refractivity contribution is -0.672. The number of aromatic nitrogens is 4. The number of fused-ring (bicyclic) bond motifs is 1. The molecule has 2 aromatic heterocycles. The van der Waals surface area contributed by atoms with Crippen molar-refractivity contribution in [2.24, 2.45) is 0 Å². The van der Waals surface area contributed by atoms with Gasteiger partial charge in [0, 0.05) is 34.4 Å². The van der Waals surface area contributed by atoms with Gasteiger partial charge in [0.2, 0.25) is 11.9 Å². The zero-order valence-electron chi connectivity index (χ0n) is 27.8. The van der Waals surface area contributed by atoms with Gasteiger partial charge in [0.05, 0.1) is 16.8 Å². The van der Waals surface area contributed by atoms with Crippen molar-refractivity contribution in [2.45, 2.75) is 0 Å². The summed E-state index contributed by atoms with van der Waals surface area (Å²) in [6, 6.07) is 67.6. The number of hydrogen-bond donors (Lipinski definition) is 0. The maximum atomic E-state index is 5.26. The van der Waals surface area contributed by atoms with Crippen LogP contribution in [-0.4, -0.2) is 14.6 Å². The Balaban J connectivity index is 1.10. The predicted octanol–water partition coefficient (Wildman–Crippen LogP) is 11.0. The molecule has 240 valence electrons. The van der Waals surface area contributed by atoms with Crippen molar-refractivity contribution in [3.05, 3.63) is 200 Å². The van der Waals surface area contributed by atoms with Gasteiger partial charge in [0.1, 0.15) is 11.2 Å². The minimum absolute atomic E-state index is 0.694. The third-order valence-corrected chi connectivity index (χ3v) is 9.32. The van der Waals surface area contributed by atoms with E-state index in [1.165, 1.54) is 5.39 Å². The summed E-state index contributed by atoms with van der Waals surface area (Å²) in [5, 5.41) is 1.19. The van der Waals surface area contributed by atoms with Gasteiger partial charge in [-0.1, -0.05) is 150 Å². The quantitative estimate of drug-likeness (QED) is 0.160. The first kappa shape index (κ1) is 30.2. The molecule has 9 aromatic rings. The minimum atomic E-state index is 0.694. The fourth-order valence-electron chi connectivity index (χ4n) is 6.81. The Morgan fingerprint density at radius 2 is 0.824 bits per heavy atom. The third-order valence-electron chi connectivity index (χ3n) is 9.32. The van der Waals surface area contributed by atoms with Crippen molar-refractivity contribution < 1.29 is 4.68 Å². The van der Waals surface area contributed by atoms with E-state index in [1.54, 1.807) is 0 Å². The van der Waals surface area contributed by atoms with Gasteiger partial charge < -0.3 is 0 Å². The van der Waals surface area contributed by atoms with E-state index in [1.807, 2.05) is 18.2 Å². The van der Waals surface area contributed by atoms with Crippen LogP contribution in [0.1, 0.15) is 0 Å². The molecule has 0 spiro atoms. The standard InChI is InChI=1S/C47H33N4/c1-5-15-36(16-6-1)44-45(37-17-7-2-8-18-37)48-47(49-46(44)38-19-9-3-10-20-38)39-27-25-34(26-28-39)35-29-31-41(32-30-35)50-33-40-21-13-14-24-43(40)51(50)42-22-11-4-12-23-42/h1-33H/q+1. The zero-order valence-corrected chi connectivity index (χ0v) is 27.8. The summed E-state index contributed by atoms with van der Waals surface area (Å²) in [6.07, 6.45) is 2.20. The number of rotatable bonds is 7. The van der Waals surface area contributed by atoms with Crippen LogP contribution < -0.4 is 4.68 Å².